The highest BCUT2D eigenvalue weighted by molar-refractivity contribution is 5.85. The molecular weight excluding hydrogens is 162 g/mol. The number of rotatable bonds is 3. The van der Waals surface area contributed by atoms with E-state index in [0.29, 0.717) is 11.8 Å². The molecule has 0 aliphatic heterocycles. The van der Waals surface area contributed by atoms with Gasteiger partial charge in [0, 0.05) is 19.0 Å². The van der Waals surface area contributed by atoms with Crippen LogP contribution in [0.25, 0.3) is 0 Å². The molecule has 0 heterocycles. The summed E-state index contributed by atoms with van der Waals surface area (Å²) in [6.07, 6.45) is 2.24. The molecule has 0 radical (unpaired) electrons. The molecule has 66 valence electrons. The fourth-order valence-corrected chi connectivity index (χ4v) is 1.12. The third kappa shape index (κ3) is 2.70. The van der Waals surface area contributed by atoms with Gasteiger partial charge in [-0.05, 0) is 26.7 Å². The van der Waals surface area contributed by atoms with Gasteiger partial charge in [-0.3, -0.25) is 4.79 Å². The lowest BCUT2D eigenvalue weighted by Crippen LogP contribution is -2.31. The molecule has 0 aromatic rings. The van der Waals surface area contributed by atoms with Gasteiger partial charge in [0.25, 0.3) is 0 Å². The Morgan fingerprint density at radius 2 is 1.82 bits per heavy atom. The number of hydrogen-bond donors (Lipinski definition) is 0. The fourth-order valence-electron chi connectivity index (χ4n) is 1.12. The zero-order valence-electron chi connectivity index (χ0n) is 7.17. The summed E-state index contributed by atoms with van der Waals surface area (Å²) >= 11 is 0. The second kappa shape index (κ2) is 4.60. The molecule has 0 unspecified atom stereocenters. The molecule has 1 saturated carbocycles. The number of halogens is 1. The van der Waals surface area contributed by atoms with Crippen molar-refractivity contribution in [1.82, 2.24) is 4.90 Å². The molecule has 2 nitrogen and oxygen atoms in total. The van der Waals surface area contributed by atoms with Crippen molar-refractivity contribution in [3.8, 4) is 0 Å². The Kier molecular flexibility index (Phi) is 4.50. The van der Waals surface area contributed by atoms with Gasteiger partial charge in [0.05, 0.1) is 0 Å². The van der Waals surface area contributed by atoms with E-state index >= 15 is 0 Å². The van der Waals surface area contributed by atoms with Gasteiger partial charge >= 0.3 is 0 Å². The smallest absolute Gasteiger partial charge is 0.225 e. The Morgan fingerprint density at radius 1 is 1.36 bits per heavy atom. The van der Waals surface area contributed by atoms with Crippen LogP contribution in [0.3, 0.4) is 0 Å². The van der Waals surface area contributed by atoms with Crippen molar-refractivity contribution in [3.63, 3.8) is 0 Å². The molecule has 1 fully saturated rings. The minimum atomic E-state index is 0. The largest absolute Gasteiger partial charge is 0.343 e. The van der Waals surface area contributed by atoms with E-state index in [1.54, 1.807) is 0 Å². The molecule has 0 aromatic heterocycles. The van der Waals surface area contributed by atoms with Crippen molar-refractivity contribution >= 4 is 18.3 Å². The van der Waals surface area contributed by atoms with Gasteiger partial charge in [0.15, 0.2) is 0 Å². The molecule has 0 saturated heterocycles. The van der Waals surface area contributed by atoms with Crippen molar-refractivity contribution in [2.75, 3.05) is 13.1 Å². The normalized spacial score (nSPS) is 15.5. The lowest BCUT2D eigenvalue weighted by Gasteiger charge is -2.17. The van der Waals surface area contributed by atoms with Gasteiger partial charge in [0.2, 0.25) is 5.91 Å². The highest BCUT2D eigenvalue weighted by Gasteiger charge is 2.31. The van der Waals surface area contributed by atoms with Crippen molar-refractivity contribution in [2.24, 2.45) is 5.92 Å². The van der Waals surface area contributed by atoms with E-state index in [4.69, 9.17) is 0 Å². The van der Waals surface area contributed by atoms with Crippen molar-refractivity contribution in [3.05, 3.63) is 0 Å². The average molecular weight is 178 g/mol. The van der Waals surface area contributed by atoms with Crippen LogP contribution in [0.1, 0.15) is 26.7 Å². The summed E-state index contributed by atoms with van der Waals surface area (Å²) in [6, 6.07) is 0. The minimum Gasteiger partial charge on any atom is -0.343 e. The van der Waals surface area contributed by atoms with Gasteiger partial charge in [-0.15, -0.1) is 12.4 Å². The molecule has 1 rings (SSSR count). The first-order valence-corrected chi connectivity index (χ1v) is 4.08. The molecule has 0 spiro atoms. The Bertz CT molecular complexity index is 130. The Labute approximate surface area is 74.4 Å². The van der Waals surface area contributed by atoms with Gasteiger partial charge < -0.3 is 4.90 Å². The van der Waals surface area contributed by atoms with Crippen LogP contribution in [-0.2, 0) is 4.79 Å². The first-order chi connectivity index (χ1) is 4.79. The summed E-state index contributed by atoms with van der Waals surface area (Å²) in [5.74, 6) is 0.755. The van der Waals surface area contributed by atoms with Crippen LogP contribution in [0.5, 0.6) is 0 Å². The van der Waals surface area contributed by atoms with E-state index in [1.165, 1.54) is 0 Å². The molecule has 0 atom stereocenters. The summed E-state index contributed by atoms with van der Waals surface area (Å²) in [5, 5.41) is 0. The maximum atomic E-state index is 11.3. The highest BCUT2D eigenvalue weighted by Crippen LogP contribution is 2.30. The van der Waals surface area contributed by atoms with Gasteiger partial charge in [-0.2, -0.15) is 0 Å². The Hall–Kier alpha value is -0.240. The molecule has 1 aliphatic rings. The lowest BCUT2D eigenvalue weighted by atomic mass is 10.3. The fraction of sp³-hybridized carbons (Fsp3) is 0.875. The third-order valence-electron chi connectivity index (χ3n) is 2.00. The van der Waals surface area contributed by atoms with Crippen LogP contribution >= 0.6 is 12.4 Å². The van der Waals surface area contributed by atoms with Crippen molar-refractivity contribution in [2.45, 2.75) is 26.7 Å². The molecule has 3 heteroatoms. The first-order valence-electron chi connectivity index (χ1n) is 4.08. The predicted molar refractivity (Wildman–Crippen MR) is 47.9 cm³/mol. The maximum absolute atomic E-state index is 11.3. The van der Waals surface area contributed by atoms with Gasteiger partial charge in [-0.1, -0.05) is 0 Å². The maximum Gasteiger partial charge on any atom is 0.225 e. The summed E-state index contributed by atoms with van der Waals surface area (Å²) < 4.78 is 0. The Morgan fingerprint density at radius 3 is 2.09 bits per heavy atom. The lowest BCUT2D eigenvalue weighted by molar-refractivity contribution is -0.132. The van der Waals surface area contributed by atoms with Gasteiger partial charge in [0.1, 0.15) is 0 Å². The van der Waals surface area contributed by atoms with E-state index in [-0.39, 0.29) is 12.4 Å². The number of carbonyl (C=O) groups is 1. The van der Waals surface area contributed by atoms with Crippen molar-refractivity contribution < 1.29 is 4.79 Å². The molecule has 0 N–H and O–H groups in total. The molecular formula is C8H16ClNO. The van der Waals surface area contributed by atoms with Crippen LogP contribution in [0.4, 0.5) is 0 Å². The van der Waals surface area contributed by atoms with E-state index in [2.05, 4.69) is 0 Å². The monoisotopic (exact) mass is 177 g/mol. The highest BCUT2D eigenvalue weighted by atomic mass is 35.5. The molecule has 1 amide bonds. The second-order valence-corrected chi connectivity index (χ2v) is 2.78. The molecule has 0 aromatic carbocycles. The van der Waals surface area contributed by atoms with E-state index in [0.717, 1.165) is 25.9 Å². The van der Waals surface area contributed by atoms with Gasteiger partial charge in [-0.25, -0.2) is 0 Å². The Balaban J connectivity index is 0.000001000. The van der Waals surface area contributed by atoms with Crippen LogP contribution < -0.4 is 0 Å². The zero-order chi connectivity index (χ0) is 7.56. The minimum absolute atomic E-state index is 0. The topological polar surface area (TPSA) is 20.3 Å². The summed E-state index contributed by atoms with van der Waals surface area (Å²) in [7, 11) is 0. The summed E-state index contributed by atoms with van der Waals surface area (Å²) in [6.45, 7) is 5.80. The van der Waals surface area contributed by atoms with Crippen molar-refractivity contribution in [1.29, 1.82) is 0 Å². The SMILES string of the molecule is CCN(CC)C(=O)C1CC1.Cl. The third-order valence-corrected chi connectivity index (χ3v) is 2.00. The second-order valence-electron chi connectivity index (χ2n) is 2.78. The van der Waals surface area contributed by atoms with E-state index in [9.17, 15) is 4.79 Å². The van der Waals surface area contributed by atoms with Crippen LogP contribution in [-0.4, -0.2) is 23.9 Å². The molecule has 0 bridgehead atoms. The first kappa shape index (κ1) is 10.8. The number of nitrogens with zero attached hydrogens (tertiary/aromatic N) is 1. The molecule has 1 aliphatic carbocycles. The van der Waals surface area contributed by atoms with Crippen LogP contribution in [0.15, 0.2) is 0 Å². The summed E-state index contributed by atoms with van der Waals surface area (Å²) in [4.78, 5) is 13.2. The van der Waals surface area contributed by atoms with E-state index in [1.807, 2.05) is 18.7 Å². The number of carbonyl (C=O) groups excluding carboxylic acids is 1. The predicted octanol–water partition coefficient (Wildman–Crippen LogP) is 1.69. The van der Waals surface area contributed by atoms with Crippen LogP contribution in [0.2, 0.25) is 0 Å². The summed E-state index contributed by atoms with van der Waals surface area (Å²) in [5.41, 5.74) is 0. The molecule has 11 heavy (non-hydrogen) atoms. The number of amides is 1. The van der Waals surface area contributed by atoms with Crippen LogP contribution in [0, 0.1) is 5.92 Å². The standard InChI is InChI=1S/C8H15NO.ClH/c1-3-9(4-2)8(10)7-5-6-7;/h7H,3-6H2,1-2H3;1H. The van der Waals surface area contributed by atoms with E-state index < -0.39 is 0 Å². The quantitative estimate of drug-likeness (QED) is 0.643. The average Bonchev–Trinajstić information content (AvgIpc) is 2.71. The zero-order valence-corrected chi connectivity index (χ0v) is 7.99. The number of hydrogen-bond acceptors (Lipinski definition) is 1.